The van der Waals surface area contributed by atoms with Crippen molar-refractivity contribution >= 4 is 22.4 Å². The van der Waals surface area contributed by atoms with Crippen LogP contribution in [0.1, 0.15) is 17.2 Å². The number of hydrogen-bond donors (Lipinski definition) is 1. The van der Waals surface area contributed by atoms with E-state index in [0.717, 1.165) is 0 Å². The standard InChI is InChI=1S/C17H12ClF2N/c18-10-5-7-16(20)14(9-10)17(21)13-6-8-15(19)12-4-2-1-3-11(12)13/h1-9,17H,21H2. The van der Waals surface area contributed by atoms with Crippen molar-refractivity contribution < 1.29 is 8.78 Å². The zero-order chi connectivity index (χ0) is 15.0. The molecule has 0 saturated carbocycles. The summed E-state index contributed by atoms with van der Waals surface area (Å²) in [7, 11) is 0. The lowest BCUT2D eigenvalue weighted by atomic mass is 9.94. The first-order chi connectivity index (χ1) is 10.1. The van der Waals surface area contributed by atoms with Crippen molar-refractivity contribution in [1.29, 1.82) is 0 Å². The van der Waals surface area contributed by atoms with Crippen LogP contribution in [0.2, 0.25) is 5.02 Å². The Morgan fingerprint density at radius 3 is 2.24 bits per heavy atom. The van der Waals surface area contributed by atoms with Gasteiger partial charge < -0.3 is 5.73 Å². The van der Waals surface area contributed by atoms with E-state index >= 15 is 0 Å². The SMILES string of the molecule is NC(c1cc(Cl)ccc1F)c1ccc(F)c2ccccc12. The summed E-state index contributed by atoms with van der Waals surface area (Å²) in [6.07, 6.45) is 0. The van der Waals surface area contributed by atoms with E-state index in [-0.39, 0.29) is 5.82 Å². The van der Waals surface area contributed by atoms with Gasteiger partial charge in [-0.15, -0.1) is 0 Å². The van der Waals surface area contributed by atoms with Gasteiger partial charge in [0.15, 0.2) is 0 Å². The molecule has 0 bridgehead atoms. The zero-order valence-corrected chi connectivity index (χ0v) is 11.7. The van der Waals surface area contributed by atoms with Crippen molar-refractivity contribution in [3.8, 4) is 0 Å². The fourth-order valence-corrected chi connectivity index (χ4v) is 2.66. The molecule has 3 rings (SSSR count). The molecule has 4 heteroatoms. The smallest absolute Gasteiger partial charge is 0.131 e. The van der Waals surface area contributed by atoms with Crippen molar-refractivity contribution in [2.75, 3.05) is 0 Å². The van der Waals surface area contributed by atoms with Gasteiger partial charge in [-0.1, -0.05) is 41.9 Å². The summed E-state index contributed by atoms with van der Waals surface area (Å²) in [6, 6.07) is 13.5. The van der Waals surface area contributed by atoms with Crippen LogP contribution in [0.25, 0.3) is 10.8 Å². The maximum absolute atomic E-state index is 14.0. The second-order valence-electron chi connectivity index (χ2n) is 4.83. The number of fused-ring (bicyclic) bond motifs is 1. The first kappa shape index (κ1) is 14.0. The number of rotatable bonds is 2. The summed E-state index contributed by atoms with van der Waals surface area (Å²) in [5, 5.41) is 1.55. The molecule has 0 aliphatic heterocycles. The summed E-state index contributed by atoms with van der Waals surface area (Å²) in [5.41, 5.74) is 7.13. The molecule has 3 aromatic rings. The van der Waals surface area contributed by atoms with E-state index in [1.807, 2.05) is 0 Å². The van der Waals surface area contributed by atoms with Crippen molar-refractivity contribution in [1.82, 2.24) is 0 Å². The molecule has 0 saturated heterocycles. The number of nitrogens with two attached hydrogens (primary N) is 1. The minimum atomic E-state index is -0.714. The average Bonchev–Trinajstić information content (AvgIpc) is 2.50. The van der Waals surface area contributed by atoms with Crippen LogP contribution in [0.4, 0.5) is 8.78 Å². The van der Waals surface area contributed by atoms with Gasteiger partial charge in [0.25, 0.3) is 0 Å². The highest BCUT2D eigenvalue weighted by molar-refractivity contribution is 6.30. The average molecular weight is 304 g/mol. The summed E-state index contributed by atoms with van der Waals surface area (Å²) in [6.45, 7) is 0. The lowest BCUT2D eigenvalue weighted by Gasteiger charge is -2.16. The third-order valence-electron chi connectivity index (χ3n) is 3.53. The molecule has 0 fully saturated rings. The minimum Gasteiger partial charge on any atom is -0.320 e. The first-order valence-electron chi connectivity index (χ1n) is 6.45. The highest BCUT2D eigenvalue weighted by Gasteiger charge is 2.17. The predicted octanol–water partition coefficient (Wildman–Crippen LogP) is 4.82. The second-order valence-corrected chi connectivity index (χ2v) is 5.26. The molecule has 0 aromatic heterocycles. The first-order valence-corrected chi connectivity index (χ1v) is 6.83. The van der Waals surface area contributed by atoms with Gasteiger partial charge in [0.1, 0.15) is 11.6 Å². The Morgan fingerprint density at radius 2 is 1.48 bits per heavy atom. The van der Waals surface area contributed by atoms with Crippen LogP contribution in [0.15, 0.2) is 54.6 Å². The summed E-state index contributed by atoms with van der Waals surface area (Å²) in [4.78, 5) is 0. The van der Waals surface area contributed by atoms with Gasteiger partial charge in [0.05, 0.1) is 6.04 Å². The van der Waals surface area contributed by atoms with E-state index in [2.05, 4.69) is 0 Å². The highest BCUT2D eigenvalue weighted by atomic mass is 35.5. The molecule has 3 aromatic carbocycles. The Hall–Kier alpha value is -1.97. The Labute approximate surface area is 126 Å². The van der Waals surface area contributed by atoms with Gasteiger partial charge in [0.2, 0.25) is 0 Å². The molecule has 0 heterocycles. The minimum absolute atomic E-state index is 0.291. The molecule has 106 valence electrons. The number of hydrogen-bond acceptors (Lipinski definition) is 1. The van der Waals surface area contributed by atoms with E-state index in [0.29, 0.717) is 26.9 Å². The van der Waals surface area contributed by atoms with Crippen molar-refractivity contribution in [2.24, 2.45) is 5.73 Å². The molecule has 1 atom stereocenters. The Kier molecular flexibility index (Phi) is 3.62. The van der Waals surface area contributed by atoms with Crippen LogP contribution < -0.4 is 5.73 Å². The van der Waals surface area contributed by atoms with Crippen LogP contribution in [-0.2, 0) is 0 Å². The molecule has 0 amide bonds. The van der Waals surface area contributed by atoms with E-state index in [1.54, 1.807) is 30.3 Å². The topological polar surface area (TPSA) is 26.0 Å². The van der Waals surface area contributed by atoms with Gasteiger partial charge >= 0.3 is 0 Å². The van der Waals surface area contributed by atoms with E-state index in [1.165, 1.54) is 24.3 Å². The van der Waals surface area contributed by atoms with E-state index in [9.17, 15) is 8.78 Å². The molecule has 0 spiro atoms. The van der Waals surface area contributed by atoms with Crippen molar-refractivity contribution in [2.45, 2.75) is 6.04 Å². The lowest BCUT2D eigenvalue weighted by Crippen LogP contribution is -2.14. The van der Waals surface area contributed by atoms with Crippen molar-refractivity contribution in [3.63, 3.8) is 0 Å². The predicted molar refractivity (Wildman–Crippen MR) is 81.3 cm³/mol. The van der Waals surface area contributed by atoms with Crippen LogP contribution in [0.5, 0.6) is 0 Å². The third kappa shape index (κ3) is 2.50. The molecular formula is C17H12ClF2N. The Bertz CT molecular complexity index is 817. The fraction of sp³-hybridized carbons (Fsp3) is 0.0588. The van der Waals surface area contributed by atoms with Crippen LogP contribution in [-0.4, -0.2) is 0 Å². The molecule has 0 aliphatic carbocycles. The van der Waals surface area contributed by atoms with Crippen LogP contribution in [0.3, 0.4) is 0 Å². The molecule has 0 radical (unpaired) electrons. The van der Waals surface area contributed by atoms with E-state index < -0.39 is 11.9 Å². The molecule has 2 N–H and O–H groups in total. The lowest BCUT2D eigenvalue weighted by molar-refractivity contribution is 0.600. The fourth-order valence-electron chi connectivity index (χ4n) is 2.48. The van der Waals surface area contributed by atoms with Gasteiger partial charge in [-0.25, -0.2) is 8.78 Å². The van der Waals surface area contributed by atoms with Crippen molar-refractivity contribution in [3.05, 3.63) is 82.4 Å². The summed E-state index contributed by atoms with van der Waals surface area (Å²) >= 11 is 5.91. The normalized spacial score (nSPS) is 12.6. The molecule has 0 aliphatic rings. The van der Waals surface area contributed by atoms with Gasteiger partial charge in [0, 0.05) is 16.0 Å². The Balaban J connectivity index is 2.20. The summed E-state index contributed by atoms with van der Waals surface area (Å²) in [5.74, 6) is -0.756. The number of benzene rings is 3. The quantitative estimate of drug-likeness (QED) is 0.721. The monoisotopic (exact) mass is 303 g/mol. The molecule has 1 unspecified atom stereocenters. The zero-order valence-electron chi connectivity index (χ0n) is 11.0. The Morgan fingerprint density at radius 1 is 0.810 bits per heavy atom. The van der Waals surface area contributed by atoms with Gasteiger partial charge in [-0.2, -0.15) is 0 Å². The maximum Gasteiger partial charge on any atom is 0.131 e. The van der Waals surface area contributed by atoms with Gasteiger partial charge in [-0.3, -0.25) is 0 Å². The molecule has 1 nitrogen and oxygen atoms in total. The summed E-state index contributed by atoms with van der Waals surface area (Å²) < 4.78 is 27.8. The third-order valence-corrected chi connectivity index (χ3v) is 3.77. The molecule has 21 heavy (non-hydrogen) atoms. The van der Waals surface area contributed by atoms with Gasteiger partial charge in [-0.05, 0) is 35.2 Å². The van der Waals surface area contributed by atoms with Crippen LogP contribution >= 0.6 is 11.6 Å². The second kappa shape index (κ2) is 5.43. The maximum atomic E-state index is 14.0. The molecular weight excluding hydrogens is 292 g/mol. The highest BCUT2D eigenvalue weighted by Crippen LogP contribution is 2.31. The van der Waals surface area contributed by atoms with Crippen LogP contribution in [0, 0.1) is 11.6 Å². The van der Waals surface area contributed by atoms with E-state index in [4.69, 9.17) is 17.3 Å². The number of halogens is 3. The largest absolute Gasteiger partial charge is 0.320 e.